The molecule has 0 unspecified atom stereocenters. The Morgan fingerprint density at radius 2 is 1.96 bits per heavy atom. The summed E-state index contributed by atoms with van der Waals surface area (Å²) in [5.74, 6) is 0.798. The summed E-state index contributed by atoms with van der Waals surface area (Å²) in [7, 11) is 0. The second-order valence-corrected chi connectivity index (χ2v) is 8.36. The number of fused-ring (bicyclic) bond motifs is 1. The Labute approximate surface area is 165 Å². The number of Topliss-reactive ketones (excluding diaryl/α,β-unsaturated/α-hetero) is 1. The summed E-state index contributed by atoms with van der Waals surface area (Å²) in [6.45, 7) is 5.37. The lowest BCUT2D eigenvalue weighted by Crippen LogP contribution is -2.33. The van der Waals surface area contributed by atoms with Crippen LogP contribution in [0.5, 0.6) is 0 Å². The molecule has 0 spiro atoms. The second-order valence-electron chi connectivity index (χ2n) is 7.97. The first kappa shape index (κ1) is 18.6. The Hall–Kier alpha value is -1.72. The van der Waals surface area contributed by atoms with Crippen LogP contribution in [0.25, 0.3) is 11.0 Å². The van der Waals surface area contributed by atoms with Gasteiger partial charge < -0.3 is 10.2 Å². The first-order chi connectivity index (χ1) is 13.1. The summed E-state index contributed by atoms with van der Waals surface area (Å²) in [5, 5.41) is 4.04. The predicted molar refractivity (Wildman–Crippen MR) is 110 cm³/mol. The Morgan fingerprint density at radius 3 is 2.67 bits per heavy atom. The third-order valence-electron chi connectivity index (χ3n) is 5.97. The molecule has 5 nitrogen and oxygen atoms in total. The van der Waals surface area contributed by atoms with Gasteiger partial charge in [-0.3, -0.25) is 9.78 Å². The number of nitrogens with one attached hydrogen (secondary N) is 1. The smallest absolute Gasteiger partial charge is 0.163 e. The molecule has 0 aromatic carbocycles. The van der Waals surface area contributed by atoms with Crippen molar-refractivity contribution >= 4 is 34.1 Å². The average Bonchev–Trinajstić information content (AvgIpc) is 3.16. The van der Waals surface area contributed by atoms with Crippen LogP contribution in [0.1, 0.15) is 55.8 Å². The van der Waals surface area contributed by atoms with Gasteiger partial charge in [0.1, 0.15) is 10.7 Å². The summed E-state index contributed by atoms with van der Waals surface area (Å²) < 4.78 is 0. The van der Waals surface area contributed by atoms with E-state index in [1.54, 1.807) is 19.2 Å². The lowest BCUT2D eigenvalue weighted by Gasteiger charge is -2.32. The number of likely N-dealkylation sites (tertiary alicyclic amines) is 1. The van der Waals surface area contributed by atoms with E-state index in [-0.39, 0.29) is 5.78 Å². The lowest BCUT2D eigenvalue weighted by atomic mass is 9.85. The van der Waals surface area contributed by atoms with Gasteiger partial charge in [0.25, 0.3) is 0 Å². The van der Waals surface area contributed by atoms with Crippen LogP contribution in [0, 0.1) is 5.92 Å². The number of rotatable bonds is 5. The molecule has 1 aliphatic heterocycles. The van der Waals surface area contributed by atoms with Gasteiger partial charge in [-0.1, -0.05) is 11.6 Å². The van der Waals surface area contributed by atoms with Crippen molar-refractivity contribution in [3.05, 3.63) is 29.0 Å². The lowest BCUT2D eigenvalue weighted by molar-refractivity contribution is 0.101. The van der Waals surface area contributed by atoms with Crippen molar-refractivity contribution in [3.8, 4) is 0 Å². The largest absolute Gasteiger partial charge is 0.380 e. The monoisotopic (exact) mass is 386 g/mol. The van der Waals surface area contributed by atoms with E-state index in [1.807, 2.05) is 6.07 Å². The molecular formula is C21H27ClN4O. The molecule has 2 aliphatic rings. The highest BCUT2D eigenvalue weighted by atomic mass is 35.5. The zero-order chi connectivity index (χ0) is 18.8. The van der Waals surface area contributed by atoms with E-state index in [1.165, 1.54) is 45.3 Å². The number of nitrogens with zero attached hydrogens (tertiary/aromatic N) is 3. The van der Waals surface area contributed by atoms with Crippen molar-refractivity contribution in [2.24, 2.45) is 5.92 Å². The van der Waals surface area contributed by atoms with Crippen LogP contribution < -0.4 is 5.32 Å². The molecule has 144 valence electrons. The van der Waals surface area contributed by atoms with Crippen LogP contribution in [0.4, 0.5) is 5.69 Å². The Bertz CT molecular complexity index is 826. The fraction of sp³-hybridized carbons (Fsp3) is 0.571. The molecule has 1 aliphatic carbocycles. The maximum atomic E-state index is 12.1. The van der Waals surface area contributed by atoms with Crippen molar-refractivity contribution in [1.82, 2.24) is 14.9 Å². The van der Waals surface area contributed by atoms with Gasteiger partial charge in [-0.15, -0.1) is 0 Å². The van der Waals surface area contributed by atoms with Crippen LogP contribution >= 0.6 is 11.6 Å². The van der Waals surface area contributed by atoms with Crippen molar-refractivity contribution < 1.29 is 4.79 Å². The Morgan fingerprint density at radius 1 is 1.22 bits per heavy atom. The van der Waals surface area contributed by atoms with E-state index >= 15 is 0 Å². The van der Waals surface area contributed by atoms with E-state index in [9.17, 15) is 4.79 Å². The first-order valence-electron chi connectivity index (χ1n) is 10.1. The molecule has 1 saturated carbocycles. The molecule has 6 heteroatoms. The third kappa shape index (κ3) is 4.25. The summed E-state index contributed by atoms with van der Waals surface area (Å²) in [4.78, 5) is 23.6. The summed E-state index contributed by atoms with van der Waals surface area (Å²) in [6.07, 6.45) is 9.09. The van der Waals surface area contributed by atoms with Gasteiger partial charge in [0.2, 0.25) is 0 Å². The maximum Gasteiger partial charge on any atom is 0.163 e. The fourth-order valence-electron chi connectivity index (χ4n) is 4.48. The number of aromatic nitrogens is 2. The molecule has 2 aromatic heterocycles. The number of halogens is 1. The van der Waals surface area contributed by atoms with Crippen molar-refractivity contribution in [2.45, 2.75) is 51.5 Å². The number of hydrogen-bond donors (Lipinski definition) is 1. The SMILES string of the molecule is CC(=O)c1cnc2ccc(Cl)nc2c1N[C@H]1CC[C@H](CN2CCCC2)CC1. The van der Waals surface area contributed by atoms with Crippen LogP contribution in [-0.4, -0.2) is 46.3 Å². The van der Waals surface area contributed by atoms with Gasteiger partial charge in [0.05, 0.1) is 16.8 Å². The first-order valence-corrected chi connectivity index (χ1v) is 10.4. The Kier molecular flexibility index (Phi) is 5.60. The minimum absolute atomic E-state index is 0.00334. The molecule has 0 atom stereocenters. The molecule has 0 amide bonds. The minimum atomic E-state index is -0.00334. The molecular weight excluding hydrogens is 360 g/mol. The van der Waals surface area contributed by atoms with Crippen LogP contribution in [0.3, 0.4) is 0 Å². The second kappa shape index (κ2) is 8.11. The maximum absolute atomic E-state index is 12.1. The standard InChI is InChI=1S/C21H27ClN4O/c1-14(27)17-12-23-18-8-9-19(22)25-21(18)20(17)24-16-6-4-15(5-7-16)13-26-10-2-3-11-26/h8-9,12,15-16H,2-7,10-11,13H2,1H3,(H,23,24)/t15-,16-. The van der Waals surface area contributed by atoms with Crippen molar-refractivity contribution in [2.75, 3.05) is 25.0 Å². The van der Waals surface area contributed by atoms with Crippen LogP contribution in [0.15, 0.2) is 18.3 Å². The zero-order valence-corrected chi connectivity index (χ0v) is 16.6. The number of anilines is 1. The van der Waals surface area contributed by atoms with Crippen molar-refractivity contribution in [3.63, 3.8) is 0 Å². The summed E-state index contributed by atoms with van der Waals surface area (Å²) in [6, 6.07) is 3.95. The Balaban J connectivity index is 1.49. The van der Waals surface area contributed by atoms with E-state index in [4.69, 9.17) is 11.6 Å². The molecule has 4 rings (SSSR count). The van der Waals surface area contributed by atoms with Gasteiger partial charge in [-0.05, 0) is 76.6 Å². The highest BCUT2D eigenvalue weighted by Gasteiger charge is 2.25. The average molecular weight is 387 g/mol. The third-order valence-corrected chi connectivity index (χ3v) is 6.18. The van der Waals surface area contributed by atoms with Gasteiger partial charge in [-0.25, -0.2) is 4.98 Å². The molecule has 2 fully saturated rings. The van der Waals surface area contributed by atoms with E-state index < -0.39 is 0 Å². The quantitative estimate of drug-likeness (QED) is 0.603. The van der Waals surface area contributed by atoms with Gasteiger partial charge in [0, 0.05) is 18.8 Å². The molecule has 0 radical (unpaired) electrons. The fourth-order valence-corrected chi connectivity index (χ4v) is 4.63. The predicted octanol–water partition coefficient (Wildman–Crippen LogP) is 4.55. The molecule has 1 N–H and O–H groups in total. The van der Waals surface area contributed by atoms with Gasteiger partial charge in [-0.2, -0.15) is 0 Å². The van der Waals surface area contributed by atoms with Gasteiger partial charge >= 0.3 is 0 Å². The van der Waals surface area contributed by atoms with E-state index in [0.717, 1.165) is 30.0 Å². The molecule has 2 aromatic rings. The zero-order valence-electron chi connectivity index (χ0n) is 15.9. The summed E-state index contributed by atoms with van der Waals surface area (Å²) >= 11 is 6.11. The minimum Gasteiger partial charge on any atom is -0.380 e. The van der Waals surface area contributed by atoms with E-state index in [0.29, 0.717) is 22.3 Å². The number of pyridine rings is 2. The number of hydrogen-bond acceptors (Lipinski definition) is 5. The molecule has 1 saturated heterocycles. The highest BCUT2D eigenvalue weighted by molar-refractivity contribution is 6.30. The normalized spacial score (nSPS) is 23.6. The number of carbonyl (C=O) groups excluding carboxylic acids is 1. The van der Waals surface area contributed by atoms with Crippen molar-refractivity contribution in [1.29, 1.82) is 0 Å². The van der Waals surface area contributed by atoms with E-state index in [2.05, 4.69) is 20.2 Å². The van der Waals surface area contributed by atoms with Crippen LogP contribution in [0.2, 0.25) is 5.15 Å². The number of carbonyl (C=O) groups is 1. The van der Waals surface area contributed by atoms with Crippen LogP contribution in [-0.2, 0) is 0 Å². The highest BCUT2D eigenvalue weighted by Crippen LogP contribution is 2.32. The molecule has 27 heavy (non-hydrogen) atoms. The van der Waals surface area contributed by atoms with Gasteiger partial charge in [0.15, 0.2) is 5.78 Å². The number of ketones is 1. The summed E-state index contributed by atoms with van der Waals surface area (Å²) in [5.41, 5.74) is 2.83. The molecule has 0 bridgehead atoms. The topological polar surface area (TPSA) is 58.1 Å². The molecule has 3 heterocycles.